The number of aryl methyl sites for hydroxylation is 1. The minimum Gasteiger partial charge on any atom is -0.263 e. The van der Waals surface area contributed by atoms with Crippen LogP contribution < -0.4 is 0 Å². The lowest BCUT2D eigenvalue weighted by atomic mass is 9.65. The van der Waals surface area contributed by atoms with E-state index in [1.165, 1.54) is 10.9 Å². The lowest BCUT2D eigenvalue weighted by Crippen LogP contribution is -2.37. The van der Waals surface area contributed by atoms with E-state index in [0.717, 1.165) is 30.2 Å². The average molecular weight is 384 g/mol. The molecule has 0 amide bonds. The lowest BCUT2D eigenvalue weighted by Gasteiger charge is -2.40. The molecule has 4 rings (SSSR count). The highest BCUT2D eigenvalue weighted by Gasteiger charge is 2.52. The van der Waals surface area contributed by atoms with Crippen molar-refractivity contribution in [2.24, 2.45) is 5.41 Å². The average Bonchev–Trinajstić information content (AvgIpc) is 3.03. The minimum atomic E-state index is -5.55. The molecule has 140 valence electrons. The molecule has 2 aromatic rings. The van der Waals surface area contributed by atoms with Gasteiger partial charge in [0, 0.05) is 5.41 Å². The molecule has 0 saturated heterocycles. The van der Waals surface area contributed by atoms with Gasteiger partial charge in [-0.1, -0.05) is 42.8 Å². The molecule has 0 spiro atoms. The summed E-state index contributed by atoms with van der Waals surface area (Å²) in [6.45, 7) is -0.397. The van der Waals surface area contributed by atoms with E-state index in [2.05, 4.69) is 16.3 Å². The van der Waals surface area contributed by atoms with E-state index in [1.54, 1.807) is 0 Å². The molecule has 26 heavy (non-hydrogen) atoms. The summed E-state index contributed by atoms with van der Waals surface area (Å²) in [6, 6.07) is 12.2. The zero-order valence-corrected chi connectivity index (χ0v) is 14.9. The molecular formula is C19H19F3O3S. The van der Waals surface area contributed by atoms with Crippen molar-refractivity contribution in [2.45, 2.75) is 43.5 Å². The first-order chi connectivity index (χ1) is 12.2. The van der Waals surface area contributed by atoms with E-state index in [1.807, 2.05) is 24.3 Å². The van der Waals surface area contributed by atoms with Crippen molar-refractivity contribution in [3.05, 3.63) is 47.5 Å². The maximum atomic E-state index is 12.6. The number of hydrogen-bond donors (Lipinski definition) is 0. The number of alkyl halides is 3. The van der Waals surface area contributed by atoms with Crippen molar-refractivity contribution < 1.29 is 25.8 Å². The fourth-order valence-corrected chi connectivity index (χ4v) is 5.29. The maximum absolute atomic E-state index is 12.6. The predicted octanol–water partition coefficient (Wildman–Crippen LogP) is 4.91. The summed E-state index contributed by atoms with van der Waals surface area (Å²) in [4.78, 5) is 0. The fourth-order valence-electron chi connectivity index (χ4n) is 4.76. The zero-order valence-electron chi connectivity index (χ0n) is 14.1. The van der Waals surface area contributed by atoms with Crippen molar-refractivity contribution in [3.8, 4) is 0 Å². The van der Waals surface area contributed by atoms with Gasteiger partial charge in [0.25, 0.3) is 0 Å². The third-order valence-electron chi connectivity index (χ3n) is 6.02. The van der Waals surface area contributed by atoms with Gasteiger partial charge in [0.15, 0.2) is 0 Å². The van der Waals surface area contributed by atoms with Gasteiger partial charge < -0.3 is 0 Å². The molecule has 2 aliphatic carbocycles. The predicted molar refractivity (Wildman–Crippen MR) is 92.2 cm³/mol. The minimum absolute atomic E-state index is 0.0410. The van der Waals surface area contributed by atoms with Crippen LogP contribution in [-0.4, -0.2) is 20.5 Å². The first kappa shape index (κ1) is 17.8. The second kappa shape index (κ2) is 5.96. The highest BCUT2D eigenvalue weighted by atomic mass is 32.2. The van der Waals surface area contributed by atoms with Crippen molar-refractivity contribution >= 4 is 20.9 Å². The van der Waals surface area contributed by atoms with E-state index >= 15 is 0 Å². The lowest BCUT2D eigenvalue weighted by molar-refractivity contribution is -0.0573. The Balaban J connectivity index is 1.69. The molecular weight excluding hydrogens is 365 g/mol. The van der Waals surface area contributed by atoms with Gasteiger partial charge in [-0.25, -0.2) is 0 Å². The third-order valence-corrected chi connectivity index (χ3v) is 7.01. The van der Waals surface area contributed by atoms with Crippen LogP contribution in [0.5, 0.6) is 0 Å². The largest absolute Gasteiger partial charge is 0.523 e. The number of fused-ring (bicyclic) bond motifs is 5. The molecule has 0 aromatic heterocycles. The Morgan fingerprint density at radius 2 is 1.88 bits per heavy atom. The van der Waals surface area contributed by atoms with E-state index in [-0.39, 0.29) is 5.92 Å². The van der Waals surface area contributed by atoms with Crippen LogP contribution in [0.1, 0.15) is 42.7 Å². The van der Waals surface area contributed by atoms with Gasteiger partial charge in [-0.05, 0) is 53.5 Å². The Hall–Kier alpha value is -1.60. The van der Waals surface area contributed by atoms with Crippen LogP contribution in [0, 0.1) is 5.41 Å². The standard InChI is InChI=1S/C19H19F3O3S/c20-19(21,22)26(23,24)25-12-18-10-3-6-17(18)16-8-7-13-4-1-2-5-14(13)15(16)9-11-18/h1-2,4-5,7-8,17H,3,6,9-12H2/t17-,18-/m0/s1. The topological polar surface area (TPSA) is 43.4 Å². The summed E-state index contributed by atoms with van der Waals surface area (Å²) in [5.41, 5.74) is -3.53. The summed E-state index contributed by atoms with van der Waals surface area (Å²) < 4.78 is 65.1. The summed E-state index contributed by atoms with van der Waals surface area (Å²) in [6.07, 6.45) is 3.78. The molecule has 3 nitrogen and oxygen atoms in total. The third kappa shape index (κ3) is 2.72. The monoisotopic (exact) mass is 384 g/mol. The van der Waals surface area contributed by atoms with Crippen LogP contribution in [0.3, 0.4) is 0 Å². The Labute approximate surface area is 150 Å². The van der Waals surface area contributed by atoms with Gasteiger partial charge in [-0.3, -0.25) is 4.18 Å². The van der Waals surface area contributed by atoms with Crippen LogP contribution in [0.15, 0.2) is 36.4 Å². The molecule has 0 bridgehead atoms. The van der Waals surface area contributed by atoms with Crippen LogP contribution in [0.4, 0.5) is 13.2 Å². The van der Waals surface area contributed by atoms with Crippen LogP contribution in [0.25, 0.3) is 10.8 Å². The SMILES string of the molecule is O=S(=O)(OC[C@@]12CCC[C@H]1c1ccc3ccccc3c1CC2)C(F)(F)F. The van der Waals surface area contributed by atoms with Gasteiger partial charge in [-0.15, -0.1) is 0 Å². The summed E-state index contributed by atoms with van der Waals surface area (Å²) in [5.74, 6) is 0.0410. The molecule has 1 fully saturated rings. The first-order valence-electron chi connectivity index (χ1n) is 8.70. The molecule has 0 heterocycles. The molecule has 1 saturated carbocycles. The Kier molecular flexibility index (Phi) is 4.08. The quantitative estimate of drug-likeness (QED) is 0.558. The van der Waals surface area contributed by atoms with Gasteiger partial charge in [0.1, 0.15) is 0 Å². The number of benzene rings is 2. The van der Waals surface area contributed by atoms with E-state index in [9.17, 15) is 21.6 Å². The van der Waals surface area contributed by atoms with Gasteiger partial charge in [-0.2, -0.15) is 21.6 Å². The number of hydrogen-bond acceptors (Lipinski definition) is 3. The zero-order chi connectivity index (χ0) is 18.6. The second-order valence-electron chi connectivity index (χ2n) is 7.32. The maximum Gasteiger partial charge on any atom is 0.523 e. The van der Waals surface area contributed by atoms with Crippen LogP contribution >= 0.6 is 0 Å². The van der Waals surface area contributed by atoms with Crippen molar-refractivity contribution in [2.75, 3.05) is 6.61 Å². The molecule has 2 aromatic carbocycles. The van der Waals surface area contributed by atoms with E-state index in [0.29, 0.717) is 12.8 Å². The molecule has 0 N–H and O–H groups in total. The highest BCUT2D eigenvalue weighted by molar-refractivity contribution is 7.87. The summed E-state index contributed by atoms with van der Waals surface area (Å²) >= 11 is 0. The van der Waals surface area contributed by atoms with E-state index in [4.69, 9.17) is 0 Å². The molecule has 7 heteroatoms. The summed E-state index contributed by atoms with van der Waals surface area (Å²) in [5, 5.41) is 2.32. The van der Waals surface area contributed by atoms with Crippen molar-refractivity contribution in [3.63, 3.8) is 0 Å². The number of rotatable bonds is 3. The molecule has 0 unspecified atom stereocenters. The Bertz CT molecular complexity index is 952. The van der Waals surface area contributed by atoms with Gasteiger partial charge >= 0.3 is 15.6 Å². The molecule has 2 aliphatic rings. The molecule has 2 atom stereocenters. The molecule has 0 aliphatic heterocycles. The van der Waals surface area contributed by atoms with Gasteiger partial charge in [0.2, 0.25) is 0 Å². The summed E-state index contributed by atoms with van der Waals surface area (Å²) in [7, 11) is -5.55. The molecule has 0 radical (unpaired) electrons. The highest BCUT2D eigenvalue weighted by Crippen LogP contribution is 2.57. The second-order valence-corrected chi connectivity index (χ2v) is 8.93. The Morgan fingerprint density at radius 3 is 2.65 bits per heavy atom. The van der Waals surface area contributed by atoms with E-state index < -0.39 is 27.6 Å². The van der Waals surface area contributed by atoms with Crippen LogP contribution in [-0.2, 0) is 20.7 Å². The smallest absolute Gasteiger partial charge is 0.263 e. The number of halogens is 3. The Morgan fingerprint density at radius 1 is 1.12 bits per heavy atom. The normalized spacial score (nSPS) is 25.9. The van der Waals surface area contributed by atoms with Crippen molar-refractivity contribution in [1.29, 1.82) is 0 Å². The fraction of sp³-hybridized carbons (Fsp3) is 0.474. The first-order valence-corrected chi connectivity index (χ1v) is 10.1. The van der Waals surface area contributed by atoms with Crippen molar-refractivity contribution in [1.82, 2.24) is 0 Å². The van der Waals surface area contributed by atoms with Crippen LogP contribution in [0.2, 0.25) is 0 Å². The van der Waals surface area contributed by atoms with Gasteiger partial charge in [0.05, 0.1) is 6.61 Å².